The van der Waals surface area contributed by atoms with Crippen molar-refractivity contribution in [1.29, 1.82) is 0 Å². The van der Waals surface area contributed by atoms with Crippen LogP contribution in [0.1, 0.15) is 0 Å². The van der Waals surface area contributed by atoms with E-state index in [-0.39, 0.29) is 0 Å². The summed E-state index contributed by atoms with van der Waals surface area (Å²) in [5.74, 6) is 0. The van der Waals surface area contributed by atoms with Crippen LogP contribution in [-0.2, 0) is 0 Å². The molecule has 0 saturated heterocycles. The number of benzene rings is 6. The lowest BCUT2D eigenvalue weighted by atomic mass is 9.75. The van der Waals surface area contributed by atoms with Crippen LogP contribution in [0.2, 0.25) is 0 Å². The van der Waals surface area contributed by atoms with Crippen molar-refractivity contribution in [3.8, 4) is 44.5 Å². The summed E-state index contributed by atoms with van der Waals surface area (Å²) in [4.78, 5) is 0. The van der Waals surface area contributed by atoms with Crippen molar-refractivity contribution in [3.05, 3.63) is 133 Å². The van der Waals surface area contributed by atoms with Crippen LogP contribution >= 0.6 is 0 Å². The topological polar surface area (TPSA) is 66.5 Å². The van der Waals surface area contributed by atoms with E-state index in [4.69, 9.17) is 5.73 Å². The molecule has 3 nitrogen and oxygen atoms in total. The van der Waals surface area contributed by atoms with Crippen LogP contribution in [0, 0.1) is 0 Å². The summed E-state index contributed by atoms with van der Waals surface area (Å²) < 4.78 is 0. The van der Waals surface area contributed by atoms with Crippen molar-refractivity contribution in [2.75, 3.05) is 5.73 Å². The summed E-state index contributed by atoms with van der Waals surface area (Å²) in [7, 11) is -1.65. The minimum Gasteiger partial charge on any atom is -0.423 e. The molecule has 0 fully saturated rings. The fourth-order valence-corrected chi connectivity index (χ4v) is 5.08. The molecular formula is C34H26BNO2. The van der Waals surface area contributed by atoms with E-state index >= 15 is 0 Å². The second-order valence-electron chi connectivity index (χ2n) is 9.45. The van der Waals surface area contributed by atoms with Gasteiger partial charge in [0.25, 0.3) is 0 Å². The third-order valence-electron chi connectivity index (χ3n) is 7.12. The van der Waals surface area contributed by atoms with Crippen LogP contribution in [0.25, 0.3) is 55.3 Å². The average Bonchev–Trinajstić information content (AvgIpc) is 2.97. The van der Waals surface area contributed by atoms with Gasteiger partial charge in [-0.25, -0.2) is 0 Å². The Morgan fingerprint density at radius 2 is 0.974 bits per heavy atom. The zero-order valence-electron chi connectivity index (χ0n) is 20.8. The number of rotatable bonds is 5. The van der Waals surface area contributed by atoms with Gasteiger partial charge in [0.15, 0.2) is 0 Å². The Morgan fingerprint density at radius 1 is 0.447 bits per heavy atom. The van der Waals surface area contributed by atoms with Crippen molar-refractivity contribution in [3.63, 3.8) is 0 Å². The Hall–Kier alpha value is -4.64. The fraction of sp³-hybridized carbons (Fsp3) is 0. The SMILES string of the molecule is Nc1c(B(O)O)ccc(-c2ccc(-c3ccccc3)cc2)c1-c1ccc(-c2ccc3ccccc3c2)cc1. The smallest absolute Gasteiger partial charge is 0.423 e. The van der Waals surface area contributed by atoms with Gasteiger partial charge in [0.05, 0.1) is 0 Å². The predicted octanol–water partition coefficient (Wildman–Crippen LogP) is 6.77. The van der Waals surface area contributed by atoms with Gasteiger partial charge in [0.2, 0.25) is 0 Å². The first-order valence-electron chi connectivity index (χ1n) is 12.6. The number of nitrogens with two attached hydrogens (primary N) is 1. The van der Waals surface area contributed by atoms with Gasteiger partial charge in [-0.1, -0.05) is 127 Å². The maximum Gasteiger partial charge on any atom is 0.490 e. The molecule has 182 valence electrons. The molecule has 6 rings (SSSR count). The first kappa shape index (κ1) is 23.7. The van der Waals surface area contributed by atoms with E-state index in [0.717, 1.165) is 44.5 Å². The maximum absolute atomic E-state index is 9.95. The van der Waals surface area contributed by atoms with Crippen molar-refractivity contribution in [1.82, 2.24) is 0 Å². The molecule has 4 heteroatoms. The largest absolute Gasteiger partial charge is 0.490 e. The van der Waals surface area contributed by atoms with E-state index in [1.807, 2.05) is 42.5 Å². The first-order chi connectivity index (χ1) is 18.6. The average molecular weight is 491 g/mol. The molecule has 0 saturated carbocycles. The molecule has 0 bridgehead atoms. The van der Waals surface area contributed by atoms with Crippen molar-refractivity contribution >= 4 is 29.0 Å². The first-order valence-corrected chi connectivity index (χ1v) is 12.6. The molecule has 0 heterocycles. The lowest BCUT2D eigenvalue weighted by Gasteiger charge is -2.17. The zero-order chi connectivity index (χ0) is 26.1. The van der Waals surface area contributed by atoms with E-state index in [9.17, 15) is 10.0 Å². The van der Waals surface area contributed by atoms with Crippen LogP contribution in [0.4, 0.5) is 5.69 Å². The van der Waals surface area contributed by atoms with Gasteiger partial charge < -0.3 is 15.8 Å². The summed E-state index contributed by atoms with van der Waals surface area (Å²) in [6.45, 7) is 0. The standard InChI is InChI=1S/C34H26BNO2/c36-34-32(35(37)38)21-20-31(27-15-10-25(11-16-27)23-6-2-1-3-7-23)33(34)28-17-12-26(13-18-28)30-19-14-24-8-4-5-9-29(24)22-30/h1-22,37-38H,36H2. The summed E-state index contributed by atoms with van der Waals surface area (Å²) in [6, 6.07) is 45.3. The molecule has 0 aliphatic heterocycles. The van der Waals surface area contributed by atoms with E-state index in [1.165, 1.54) is 10.8 Å². The van der Waals surface area contributed by atoms with Gasteiger partial charge in [-0.2, -0.15) is 0 Å². The molecular weight excluding hydrogens is 465 g/mol. The molecule has 6 aromatic rings. The third-order valence-corrected chi connectivity index (χ3v) is 7.12. The Balaban J connectivity index is 1.42. The van der Waals surface area contributed by atoms with Crippen LogP contribution in [0.3, 0.4) is 0 Å². The molecule has 6 aromatic carbocycles. The monoisotopic (exact) mass is 491 g/mol. The van der Waals surface area contributed by atoms with Gasteiger partial charge in [-0.05, 0) is 55.8 Å². The summed E-state index contributed by atoms with van der Waals surface area (Å²) in [5.41, 5.74) is 15.4. The van der Waals surface area contributed by atoms with E-state index in [2.05, 4.69) is 84.9 Å². The second kappa shape index (κ2) is 10.0. The molecule has 38 heavy (non-hydrogen) atoms. The van der Waals surface area contributed by atoms with Gasteiger partial charge in [0, 0.05) is 16.7 Å². The fourth-order valence-electron chi connectivity index (χ4n) is 5.08. The molecule has 0 unspecified atom stereocenters. The second-order valence-corrected chi connectivity index (χ2v) is 9.45. The number of fused-ring (bicyclic) bond motifs is 1. The third kappa shape index (κ3) is 4.48. The van der Waals surface area contributed by atoms with Crippen LogP contribution in [0.5, 0.6) is 0 Å². The molecule has 0 spiro atoms. The summed E-state index contributed by atoms with van der Waals surface area (Å²) >= 11 is 0. The number of hydrogen-bond acceptors (Lipinski definition) is 3. The molecule has 0 amide bonds. The lowest BCUT2D eigenvalue weighted by molar-refractivity contribution is 0.426. The van der Waals surface area contributed by atoms with Crippen LogP contribution in [0.15, 0.2) is 133 Å². The molecule has 0 atom stereocenters. The minimum absolute atomic E-state index is 0.295. The zero-order valence-corrected chi connectivity index (χ0v) is 20.8. The number of anilines is 1. The summed E-state index contributed by atoms with van der Waals surface area (Å²) in [5, 5.41) is 22.3. The van der Waals surface area contributed by atoms with E-state index < -0.39 is 7.12 Å². The van der Waals surface area contributed by atoms with Crippen molar-refractivity contribution < 1.29 is 10.0 Å². The number of hydrogen-bond donors (Lipinski definition) is 3. The summed E-state index contributed by atoms with van der Waals surface area (Å²) in [6.07, 6.45) is 0. The molecule has 0 aromatic heterocycles. The Kier molecular flexibility index (Phi) is 6.26. The van der Waals surface area contributed by atoms with Gasteiger partial charge >= 0.3 is 7.12 Å². The minimum atomic E-state index is -1.65. The van der Waals surface area contributed by atoms with E-state index in [0.29, 0.717) is 11.2 Å². The van der Waals surface area contributed by atoms with E-state index in [1.54, 1.807) is 6.07 Å². The Labute approximate surface area is 222 Å². The number of nitrogen functional groups attached to an aromatic ring is 1. The van der Waals surface area contributed by atoms with Crippen molar-refractivity contribution in [2.24, 2.45) is 0 Å². The van der Waals surface area contributed by atoms with Crippen molar-refractivity contribution in [2.45, 2.75) is 0 Å². The Bertz CT molecular complexity index is 1730. The lowest BCUT2D eigenvalue weighted by Crippen LogP contribution is -2.32. The van der Waals surface area contributed by atoms with Crippen LogP contribution in [-0.4, -0.2) is 17.2 Å². The van der Waals surface area contributed by atoms with Gasteiger partial charge in [0.1, 0.15) is 0 Å². The van der Waals surface area contributed by atoms with Gasteiger partial charge in [-0.15, -0.1) is 0 Å². The predicted molar refractivity (Wildman–Crippen MR) is 160 cm³/mol. The van der Waals surface area contributed by atoms with Crippen LogP contribution < -0.4 is 11.2 Å². The quantitative estimate of drug-likeness (QED) is 0.184. The molecule has 4 N–H and O–H groups in total. The highest BCUT2D eigenvalue weighted by Gasteiger charge is 2.21. The molecule has 0 aliphatic carbocycles. The molecule has 0 radical (unpaired) electrons. The highest BCUT2D eigenvalue weighted by atomic mass is 16.4. The molecule has 0 aliphatic rings. The van der Waals surface area contributed by atoms with Gasteiger partial charge in [-0.3, -0.25) is 0 Å². The Morgan fingerprint density at radius 3 is 1.66 bits per heavy atom. The highest BCUT2D eigenvalue weighted by Crippen LogP contribution is 2.38. The highest BCUT2D eigenvalue weighted by molar-refractivity contribution is 6.61. The normalized spacial score (nSPS) is 11.0. The maximum atomic E-state index is 9.95.